The zero-order valence-electron chi connectivity index (χ0n) is 12.2. The molecular weight excluding hydrogens is 354 g/mol. The molecule has 1 unspecified atom stereocenters. The van der Waals surface area contributed by atoms with Gasteiger partial charge < -0.3 is 10.4 Å². The number of aliphatic carboxylic acids is 1. The van der Waals surface area contributed by atoms with E-state index in [1.54, 1.807) is 10.9 Å². The van der Waals surface area contributed by atoms with Gasteiger partial charge in [-0.15, -0.1) is 0 Å². The lowest BCUT2D eigenvalue weighted by molar-refractivity contribution is -0.140. The van der Waals surface area contributed by atoms with Gasteiger partial charge in [0.2, 0.25) is 0 Å². The van der Waals surface area contributed by atoms with Gasteiger partial charge in [-0.2, -0.15) is 10.2 Å². The maximum atomic E-state index is 12.1. The zero-order chi connectivity index (χ0) is 16.3. The Balaban J connectivity index is 2.04. The van der Waals surface area contributed by atoms with Crippen LogP contribution in [0, 0.1) is 0 Å². The van der Waals surface area contributed by atoms with Gasteiger partial charge in [0.25, 0.3) is 5.91 Å². The molecule has 8 nitrogen and oxygen atoms in total. The van der Waals surface area contributed by atoms with Crippen LogP contribution in [0.15, 0.2) is 23.1 Å². The van der Waals surface area contributed by atoms with E-state index < -0.39 is 12.0 Å². The maximum absolute atomic E-state index is 12.1. The molecule has 0 saturated heterocycles. The molecule has 2 N–H and O–H groups in total. The Morgan fingerprint density at radius 1 is 1.41 bits per heavy atom. The SMILES string of the molecule is CCn1ncc(Br)c1CNC(=O)c1cnn(C(C)C(=O)O)c1. The Morgan fingerprint density at radius 3 is 2.77 bits per heavy atom. The lowest BCUT2D eigenvalue weighted by Crippen LogP contribution is -2.24. The highest BCUT2D eigenvalue weighted by Gasteiger charge is 2.17. The molecule has 2 aromatic rings. The van der Waals surface area contributed by atoms with E-state index in [0.29, 0.717) is 18.7 Å². The molecule has 0 fully saturated rings. The van der Waals surface area contributed by atoms with Gasteiger partial charge in [0, 0.05) is 12.7 Å². The number of carboxylic acid groups (broad SMARTS) is 1. The number of halogens is 1. The number of nitrogens with one attached hydrogen (secondary N) is 1. The van der Waals surface area contributed by atoms with E-state index in [4.69, 9.17) is 5.11 Å². The molecule has 1 atom stereocenters. The lowest BCUT2D eigenvalue weighted by atomic mass is 10.3. The van der Waals surface area contributed by atoms with Crippen LogP contribution in [0.5, 0.6) is 0 Å². The third-order valence-corrected chi connectivity index (χ3v) is 3.89. The number of aromatic nitrogens is 4. The summed E-state index contributed by atoms with van der Waals surface area (Å²) in [5.74, 6) is -1.33. The van der Waals surface area contributed by atoms with Crippen molar-refractivity contribution < 1.29 is 14.7 Å². The molecule has 0 aliphatic carbocycles. The van der Waals surface area contributed by atoms with E-state index >= 15 is 0 Å². The van der Waals surface area contributed by atoms with Gasteiger partial charge in [0.1, 0.15) is 6.04 Å². The fourth-order valence-corrected chi connectivity index (χ4v) is 2.32. The predicted octanol–water partition coefficient (Wildman–Crippen LogP) is 1.44. The van der Waals surface area contributed by atoms with Crippen LogP contribution in [0.4, 0.5) is 0 Å². The third-order valence-electron chi connectivity index (χ3n) is 3.23. The van der Waals surface area contributed by atoms with Gasteiger partial charge >= 0.3 is 5.97 Å². The Hall–Kier alpha value is -2.16. The number of rotatable bonds is 6. The Morgan fingerprint density at radius 2 is 2.14 bits per heavy atom. The topological polar surface area (TPSA) is 102 Å². The van der Waals surface area contributed by atoms with Crippen LogP contribution in [0.2, 0.25) is 0 Å². The molecule has 1 amide bonds. The van der Waals surface area contributed by atoms with E-state index in [-0.39, 0.29) is 5.91 Å². The number of hydrogen-bond acceptors (Lipinski definition) is 4. The smallest absolute Gasteiger partial charge is 0.328 e. The van der Waals surface area contributed by atoms with Gasteiger partial charge in [-0.1, -0.05) is 0 Å². The summed E-state index contributed by atoms with van der Waals surface area (Å²) < 4.78 is 3.84. The van der Waals surface area contributed by atoms with Crippen molar-refractivity contribution in [3.05, 3.63) is 34.3 Å². The van der Waals surface area contributed by atoms with E-state index in [9.17, 15) is 9.59 Å². The number of hydrogen-bond donors (Lipinski definition) is 2. The van der Waals surface area contributed by atoms with Crippen LogP contribution in [0.25, 0.3) is 0 Å². The van der Waals surface area contributed by atoms with Crippen molar-refractivity contribution >= 4 is 27.8 Å². The highest BCUT2D eigenvalue weighted by atomic mass is 79.9. The molecule has 0 bridgehead atoms. The van der Waals surface area contributed by atoms with Gasteiger partial charge in [0.05, 0.1) is 34.7 Å². The standard InChI is InChI=1S/C13H16BrN5O3/c1-3-18-11(10(14)5-17-18)6-15-12(20)9-4-16-19(7-9)8(2)13(21)22/h4-5,7-8H,3,6H2,1-2H3,(H,15,20)(H,21,22). The van der Waals surface area contributed by atoms with Gasteiger partial charge in [-0.3, -0.25) is 14.2 Å². The Kier molecular flexibility index (Phi) is 4.96. The molecule has 0 aliphatic heterocycles. The highest BCUT2D eigenvalue weighted by molar-refractivity contribution is 9.10. The van der Waals surface area contributed by atoms with Crippen LogP contribution in [-0.4, -0.2) is 36.5 Å². The van der Waals surface area contributed by atoms with Crippen LogP contribution < -0.4 is 5.32 Å². The molecule has 2 rings (SSSR count). The van der Waals surface area contributed by atoms with Crippen LogP contribution in [-0.2, 0) is 17.9 Å². The summed E-state index contributed by atoms with van der Waals surface area (Å²) >= 11 is 3.39. The van der Waals surface area contributed by atoms with Crippen LogP contribution in [0.1, 0.15) is 35.9 Å². The fraction of sp³-hybridized carbons (Fsp3) is 0.385. The number of carbonyl (C=O) groups is 2. The summed E-state index contributed by atoms with van der Waals surface area (Å²) in [6.07, 6.45) is 4.44. The molecular formula is C13H16BrN5O3. The quantitative estimate of drug-likeness (QED) is 0.801. The average molecular weight is 370 g/mol. The predicted molar refractivity (Wildman–Crippen MR) is 81.3 cm³/mol. The first-order chi connectivity index (χ1) is 10.4. The molecule has 0 radical (unpaired) electrons. The number of nitrogens with zero attached hydrogens (tertiary/aromatic N) is 4. The molecule has 2 heterocycles. The average Bonchev–Trinajstić information content (AvgIpc) is 3.10. The second-order valence-corrected chi connectivity index (χ2v) is 5.52. The van der Waals surface area contributed by atoms with Crippen molar-refractivity contribution in [1.29, 1.82) is 0 Å². The minimum atomic E-state index is -1.01. The van der Waals surface area contributed by atoms with Crippen molar-refractivity contribution in [3.8, 4) is 0 Å². The molecule has 0 aliphatic rings. The van der Waals surface area contributed by atoms with Crippen molar-refractivity contribution in [2.45, 2.75) is 33.0 Å². The fourth-order valence-electron chi connectivity index (χ4n) is 1.88. The van der Waals surface area contributed by atoms with Crippen molar-refractivity contribution in [2.75, 3.05) is 0 Å². The second-order valence-electron chi connectivity index (χ2n) is 4.66. The van der Waals surface area contributed by atoms with E-state index in [1.165, 1.54) is 24.0 Å². The normalized spacial score (nSPS) is 12.1. The Labute approximate surface area is 135 Å². The first-order valence-electron chi connectivity index (χ1n) is 6.69. The van der Waals surface area contributed by atoms with Crippen molar-refractivity contribution in [3.63, 3.8) is 0 Å². The van der Waals surface area contributed by atoms with Crippen LogP contribution in [0.3, 0.4) is 0 Å². The van der Waals surface area contributed by atoms with Crippen molar-refractivity contribution in [2.24, 2.45) is 0 Å². The summed E-state index contributed by atoms with van der Waals surface area (Å²) in [5.41, 5.74) is 1.17. The third kappa shape index (κ3) is 3.35. The maximum Gasteiger partial charge on any atom is 0.328 e. The van der Waals surface area contributed by atoms with E-state index in [2.05, 4.69) is 31.4 Å². The summed E-state index contributed by atoms with van der Waals surface area (Å²) in [5, 5.41) is 19.8. The highest BCUT2D eigenvalue weighted by Crippen LogP contribution is 2.16. The summed E-state index contributed by atoms with van der Waals surface area (Å²) in [6.45, 7) is 4.47. The van der Waals surface area contributed by atoms with Gasteiger partial charge in [-0.05, 0) is 29.8 Å². The van der Waals surface area contributed by atoms with Crippen LogP contribution >= 0.6 is 15.9 Å². The first-order valence-corrected chi connectivity index (χ1v) is 7.48. The minimum Gasteiger partial charge on any atom is -0.480 e. The second kappa shape index (κ2) is 6.73. The molecule has 0 aromatic carbocycles. The molecule has 2 aromatic heterocycles. The molecule has 118 valence electrons. The van der Waals surface area contributed by atoms with Crippen molar-refractivity contribution in [1.82, 2.24) is 24.9 Å². The van der Waals surface area contributed by atoms with Gasteiger partial charge in [-0.25, -0.2) is 4.79 Å². The molecule has 22 heavy (non-hydrogen) atoms. The summed E-state index contributed by atoms with van der Waals surface area (Å²) in [7, 11) is 0. The molecule has 0 spiro atoms. The Bertz CT molecular complexity index is 694. The van der Waals surface area contributed by atoms with E-state index in [1.807, 2.05) is 6.92 Å². The molecule has 9 heteroatoms. The number of carbonyl (C=O) groups excluding carboxylic acids is 1. The number of amides is 1. The largest absolute Gasteiger partial charge is 0.480 e. The monoisotopic (exact) mass is 369 g/mol. The number of carboxylic acids is 1. The minimum absolute atomic E-state index is 0.312. The molecule has 0 saturated carbocycles. The zero-order valence-corrected chi connectivity index (χ0v) is 13.7. The van der Waals surface area contributed by atoms with Gasteiger partial charge in [0.15, 0.2) is 0 Å². The first kappa shape index (κ1) is 16.2. The lowest BCUT2D eigenvalue weighted by Gasteiger charge is -2.07. The summed E-state index contributed by atoms with van der Waals surface area (Å²) in [4.78, 5) is 23.0. The number of aryl methyl sites for hydroxylation is 1. The summed E-state index contributed by atoms with van der Waals surface area (Å²) in [6, 6.07) is -0.822. The van der Waals surface area contributed by atoms with E-state index in [0.717, 1.165) is 10.2 Å².